The van der Waals surface area contributed by atoms with Gasteiger partial charge >= 0.3 is 0 Å². The maximum atomic E-state index is 14.0. The van der Waals surface area contributed by atoms with Gasteiger partial charge in [0.1, 0.15) is 0 Å². The summed E-state index contributed by atoms with van der Waals surface area (Å²) < 4.78 is 16.1. The van der Waals surface area contributed by atoms with Gasteiger partial charge in [0.2, 0.25) is 0 Å². The van der Waals surface area contributed by atoms with Crippen LogP contribution in [0, 0.1) is 5.82 Å². The molecule has 1 saturated carbocycles. The first-order valence-electron chi connectivity index (χ1n) is 10.7. The number of hydrogen-bond donors (Lipinski definition) is 2. The molecule has 0 spiro atoms. The molecule has 0 bridgehead atoms. The quantitative estimate of drug-likeness (QED) is 0.342. The average molecular weight is 527 g/mol. The highest BCUT2D eigenvalue weighted by atomic mass is 127. The second kappa shape index (κ2) is 10.9. The maximum absolute atomic E-state index is 14.0. The number of aromatic nitrogens is 3. The first-order chi connectivity index (χ1) is 14.2. The van der Waals surface area contributed by atoms with Gasteiger partial charge in [-0.15, -0.1) is 24.0 Å². The van der Waals surface area contributed by atoms with Gasteiger partial charge in [0.05, 0.1) is 18.3 Å². The lowest BCUT2D eigenvalue weighted by Gasteiger charge is -2.19. The molecule has 2 aromatic heterocycles. The number of anilines is 1. The first kappa shape index (κ1) is 22.8. The molecule has 0 amide bonds. The summed E-state index contributed by atoms with van der Waals surface area (Å²) in [5, 5.41) is 11.5. The SMILES string of the molecule is CCNC(=NCc1ccn(C2CCCC2)n1)NC1CCN(c2ncccc2F)C1.I. The molecule has 30 heavy (non-hydrogen) atoms. The van der Waals surface area contributed by atoms with E-state index in [0.717, 1.165) is 31.2 Å². The van der Waals surface area contributed by atoms with Gasteiger partial charge in [0.15, 0.2) is 17.6 Å². The van der Waals surface area contributed by atoms with E-state index >= 15 is 0 Å². The van der Waals surface area contributed by atoms with Gasteiger partial charge in [-0.1, -0.05) is 12.8 Å². The van der Waals surface area contributed by atoms with E-state index < -0.39 is 0 Å². The van der Waals surface area contributed by atoms with Crippen molar-refractivity contribution in [2.45, 2.75) is 57.7 Å². The highest BCUT2D eigenvalue weighted by Crippen LogP contribution is 2.28. The molecule has 7 nitrogen and oxygen atoms in total. The van der Waals surface area contributed by atoms with Crippen LogP contribution in [0.1, 0.15) is 50.8 Å². The summed E-state index contributed by atoms with van der Waals surface area (Å²) in [6.45, 7) is 4.86. The van der Waals surface area contributed by atoms with Crippen LogP contribution in [0.4, 0.5) is 10.2 Å². The second-order valence-corrected chi connectivity index (χ2v) is 7.81. The summed E-state index contributed by atoms with van der Waals surface area (Å²) in [5.41, 5.74) is 0.984. The minimum atomic E-state index is -0.272. The fourth-order valence-electron chi connectivity index (χ4n) is 4.19. The van der Waals surface area contributed by atoms with Crippen LogP contribution in [0.5, 0.6) is 0 Å². The van der Waals surface area contributed by atoms with Crippen molar-refractivity contribution in [1.29, 1.82) is 0 Å². The first-order valence-corrected chi connectivity index (χ1v) is 10.7. The van der Waals surface area contributed by atoms with Crippen molar-refractivity contribution in [1.82, 2.24) is 25.4 Å². The number of guanidine groups is 1. The molecular weight excluding hydrogens is 496 g/mol. The van der Waals surface area contributed by atoms with E-state index in [2.05, 4.69) is 39.5 Å². The van der Waals surface area contributed by atoms with Crippen molar-refractivity contribution in [2.75, 3.05) is 24.5 Å². The number of aliphatic imine (C=N–C) groups is 1. The largest absolute Gasteiger partial charge is 0.357 e. The summed E-state index contributed by atoms with van der Waals surface area (Å²) in [6.07, 6.45) is 9.68. The van der Waals surface area contributed by atoms with Crippen molar-refractivity contribution in [2.24, 2.45) is 4.99 Å². The van der Waals surface area contributed by atoms with Gasteiger partial charge in [-0.2, -0.15) is 5.10 Å². The van der Waals surface area contributed by atoms with E-state index in [-0.39, 0.29) is 35.8 Å². The number of hydrogen-bond acceptors (Lipinski definition) is 4. The second-order valence-electron chi connectivity index (χ2n) is 7.81. The normalized spacial score (nSPS) is 19.7. The van der Waals surface area contributed by atoms with Crippen LogP contribution in [0.3, 0.4) is 0 Å². The molecule has 9 heteroatoms. The summed E-state index contributed by atoms with van der Waals surface area (Å²) in [7, 11) is 0. The van der Waals surface area contributed by atoms with E-state index in [1.54, 1.807) is 12.3 Å². The van der Waals surface area contributed by atoms with Crippen molar-refractivity contribution >= 4 is 35.8 Å². The van der Waals surface area contributed by atoms with E-state index in [0.29, 0.717) is 24.9 Å². The highest BCUT2D eigenvalue weighted by molar-refractivity contribution is 14.0. The van der Waals surface area contributed by atoms with E-state index in [1.807, 2.05) is 4.90 Å². The van der Waals surface area contributed by atoms with Crippen LogP contribution in [0.25, 0.3) is 0 Å². The van der Waals surface area contributed by atoms with Crippen LogP contribution < -0.4 is 15.5 Å². The minimum absolute atomic E-state index is 0. The van der Waals surface area contributed by atoms with E-state index in [1.165, 1.54) is 31.7 Å². The lowest BCUT2D eigenvalue weighted by molar-refractivity contribution is 0.463. The Morgan fingerprint density at radius 2 is 2.10 bits per heavy atom. The Hall–Kier alpha value is -1.91. The lowest BCUT2D eigenvalue weighted by atomic mass is 10.3. The highest BCUT2D eigenvalue weighted by Gasteiger charge is 2.26. The molecule has 1 atom stereocenters. The minimum Gasteiger partial charge on any atom is -0.357 e. The maximum Gasteiger partial charge on any atom is 0.191 e. The van der Waals surface area contributed by atoms with Gasteiger partial charge in [0.25, 0.3) is 0 Å². The summed E-state index contributed by atoms with van der Waals surface area (Å²) in [5.74, 6) is 0.930. The number of halogens is 2. The molecule has 2 aliphatic rings. The zero-order chi connectivity index (χ0) is 20.1. The van der Waals surface area contributed by atoms with Gasteiger partial charge in [-0.05, 0) is 44.4 Å². The Morgan fingerprint density at radius 3 is 2.87 bits per heavy atom. The number of rotatable bonds is 6. The summed E-state index contributed by atoms with van der Waals surface area (Å²) in [4.78, 5) is 10.9. The molecule has 2 aromatic rings. The van der Waals surface area contributed by atoms with Gasteiger partial charge in [-0.3, -0.25) is 4.68 Å². The lowest BCUT2D eigenvalue weighted by Crippen LogP contribution is -2.44. The Morgan fingerprint density at radius 1 is 1.27 bits per heavy atom. The third kappa shape index (κ3) is 5.61. The fraction of sp³-hybridized carbons (Fsp3) is 0.571. The van der Waals surface area contributed by atoms with E-state index in [9.17, 15) is 4.39 Å². The Kier molecular flexibility index (Phi) is 8.29. The third-order valence-electron chi connectivity index (χ3n) is 5.67. The zero-order valence-electron chi connectivity index (χ0n) is 17.4. The number of nitrogens with zero attached hydrogens (tertiary/aromatic N) is 5. The van der Waals surface area contributed by atoms with Crippen molar-refractivity contribution in [3.63, 3.8) is 0 Å². The predicted molar refractivity (Wildman–Crippen MR) is 128 cm³/mol. The number of nitrogens with one attached hydrogen (secondary N) is 2. The topological polar surface area (TPSA) is 70.4 Å². The van der Waals surface area contributed by atoms with Crippen LogP contribution in [0.2, 0.25) is 0 Å². The molecule has 0 aromatic carbocycles. The molecule has 1 aliphatic heterocycles. The molecule has 2 fully saturated rings. The van der Waals surface area contributed by atoms with Crippen molar-refractivity contribution < 1.29 is 4.39 Å². The van der Waals surface area contributed by atoms with Gasteiger partial charge < -0.3 is 15.5 Å². The molecule has 0 radical (unpaired) electrons. The molecule has 1 unspecified atom stereocenters. The van der Waals surface area contributed by atoms with E-state index in [4.69, 9.17) is 10.1 Å². The van der Waals surface area contributed by atoms with Crippen molar-refractivity contribution in [3.8, 4) is 0 Å². The monoisotopic (exact) mass is 527 g/mol. The molecule has 2 N–H and O–H groups in total. The summed E-state index contributed by atoms with van der Waals surface area (Å²) in [6, 6.07) is 5.89. The van der Waals surface area contributed by atoms with Crippen LogP contribution in [-0.2, 0) is 6.54 Å². The molecule has 1 saturated heterocycles. The predicted octanol–water partition coefficient (Wildman–Crippen LogP) is 3.48. The average Bonchev–Trinajstić information content (AvgIpc) is 3.48. The number of pyridine rings is 1. The summed E-state index contributed by atoms with van der Waals surface area (Å²) >= 11 is 0. The zero-order valence-corrected chi connectivity index (χ0v) is 19.8. The van der Waals surface area contributed by atoms with Crippen LogP contribution in [0.15, 0.2) is 35.6 Å². The van der Waals surface area contributed by atoms with Crippen molar-refractivity contribution in [3.05, 3.63) is 42.1 Å². The van der Waals surface area contributed by atoms with Crippen LogP contribution in [-0.4, -0.2) is 46.4 Å². The van der Waals surface area contributed by atoms with Crippen LogP contribution >= 0.6 is 24.0 Å². The standard InChI is InChI=1S/C21H30FN7.HI/c1-2-23-21(25-14-16-10-13-29(27-16)18-6-3-4-7-18)26-17-9-12-28(15-17)20-19(22)8-5-11-24-20;/h5,8,10-11,13,17-18H,2-4,6-7,9,12,14-15H2,1H3,(H2,23,25,26);1H. The fourth-order valence-corrected chi connectivity index (χ4v) is 4.19. The molecular formula is C21H31FIN7. The Labute approximate surface area is 194 Å². The Bertz CT molecular complexity index is 834. The Balaban J connectivity index is 0.00000256. The third-order valence-corrected chi connectivity index (χ3v) is 5.67. The van der Waals surface area contributed by atoms with Gasteiger partial charge in [0, 0.05) is 38.1 Å². The molecule has 1 aliphatic carbocycles. The molecule has 3 heterocycles. The molecule has 4 rings (SSSR count). The van der Waals surface area contributed by atoms with Gasteiger partial charge in [-0.25, -0.2) is 14.4 Å². The smallest absolute Gasteiger partial charge is 0.191 e. The molecule has 164 valence electrons.